The molecule has 0 radical (unpaired) electrons. The van der Waals surface area contributed by atoms with Gasteiger partial charge in [0.15, 0.2) is 5.16 Å². The van der Waals surface area contributed by atoms with Crippen molar-refractivity contribution in [3.05, 3.63) is 50.8 Å². The minimum Gasteiger partial charge on any atom is -0.323 e. The van der Waals surface area contributed by atoms with Crippen LogP contribution in [0.5, 0.6) is 0 Å². The molecule has 0 aliphatic carbocycles. The van der Waals surface area contributed by atoms with Gasteiger partial charge in [-0.15, -0.1) is 11.3 Å². The summed E-state index contributed by atoms with van der Waals surface area (Å²) < 4.78 is 15.6. The highest BCUT2D eigenvalue weighted by molar-refractivity contribution is 7.99. The van der Waals surface area contributed by atoms with Crippen LogP contribution in [0, 0.1) is 5.82 Å². The van der Waals surface area contributed by atoms with Crippen LogP contribution in [0.2, 0.25) is 5.02 Å². The molecule has 3 aromatic rings. The van der Waals surface area contributed by atoms with E-state index in [4.69, 9.17) is 11.6 Å². The molecule has 1 aromatic carbocycles. The topological polar surface area (TPSA) is 64.0 Å². The minimum absolute atomic E-state index is 0.0120. The largest absolute Gasteiger partial charge is 0.323 e. The summed E-state index contributed by atoms with van der Waals surface area (Å²) in [4.78, 5) is 28.6. The maximum absolute atomic E-state index is 13.6. The van der Waals surface area contributed by atoms with Crippen molar-refractivity contribution in [3.63, 3.8) is 0 Å². The van der Waals surface area contributed by atoms with Crippen molar-refractivity contribution in [1.82, 2.24) is 9.55 Å². The van der Waals surface area contributed by atoms with Gasteiger partial charge in [-0.3, -0.25) is 14.2 Å². The van der Waals surface area contributed by atoms with Crippen LogP contribution in [0.4, 0.5) is 10.1 Å². The van der Waals surface area contributed by atoms with E-state index in [0.29, 0.717) is 20.4 Å². The zero-order chi connectivity index (χ0) is 17.3. The number of nitrogens with zero attached hydrogens (tertiary/aromatic N) is 2. The molecule has 9 heteroatoms. The van der Waals surface area contributed by atoms with E-state index < -0.39 is 11.7 Å². The SMILES string of the molecule is Cn1c(SCC(=O)Nc2cc(Cl)ccc2F)nc2ccsc2c1=O. The fraction of sp³-hybridized carbons (Fsp3) is 0.133. The van der Waals surface area contributed by atoms with Crippen molar-refractivity contribution < 1.29 is 9.18 Å². The fourth-order valence-corrected chi connectivity index (χ4v) is 3.76. The van der Waals surface area contributed by atoms with Gasteiger partial charge in [0.05, 0.1) is 17.0 Å². The number of thiophene rings is 1. The Morgan fingerprint density at radius 2 is 2.25 bits per heavy atom. The van der Waals surface area contributed by atoms with Gasteiger partial charge in [0.2, 0.25) is 5.91 Å². The van der Waals surface area contributed by atoms with Crippen molar-refractivity contribution in [3.8, 4) is 0 Å². The molecule has 2 heterocycles. The Kier molecular flexibility index (Phi) is 4.88. The molecular weight excluding hydrogens is 373 g/mol. The monoisotopic (exact) mass is 383 g/mol. The molecule has 0 saturated carbocycles. The predicted molar refractivity (Wildman–Crippen MR) is 95.6 cm³/mol. The van der Waals surface area contributed by atoms with Crippen molar-refractivity contribution >= 4 is 56.5 Å². The summed E-state index contributed by atoms with van der Waals surface area (Å²) in [6.45, 7) is 0. The van der Waals surface area contributed by atoms with Crippen LogP contribution < -0.4 is 10.9 Å². The first kappa shape index (κ1) is 16.9. The zero-order valence-electron chi connectivity index (χ0n) is 12.4. The van der Waals surface area contributed by atoms with E-state index in [9.17, 15) is 14.0 Å². The number of benzene rings is 1. The predicted octanol–water partition coefficient (Wildman–Crippen LogP) is 3.52. The lowest BCUT2D eigenvalue weighted by Gasteiger charge is -2.08. The first-order valence-electron chi connectivity index (χ1n) is 6.77. The molecule has 24 heavy (non-hydrogen) atoms. The van der Waals surface area contributed by atoms with Crippen LogP contribution in [-0.2, 0) is 11.8 Å². The van der Waals surface area contributed by atoms with Crippen LogP contribution in [0.1, 0.15) is 0 Å². The molecule has 5 nitrogen and oxygen atoms in total. The minimum atomic E-state index is -0.567. The second-order valence-corrected chi connectivity index (χ2v) is 7.15. The van der Waals surface area contributed by atoms with E-state index >= 15 is 0 Å². The molecule has 0 spiro atoms. The van der Waals surface area contributed by atoms with E-state index in [0.717, 1.165) is 11.8 Å². The van der Waals surface area contributed by atoms with Gasteiger partial charge >= 0.3 is 0 Å². The standard InChI is InChI=1S/C15H11ClFN3O2S2/c1-20-14(22)13-10(4-5-23-13)19-15(20)24-7-12(21)18-11-6-8(16)2-3-9(11)17/h2-6H,7H2,1H3,(H,18,21). The summed E-state index contributed by atoms with van der Waals surface area (Å²) in [6.07, 6.45) is 0. The third-order valence-corrected chi connectivity index (χ3v) is 5.34. The third-order valence-electron chi connectivity index (χ3n) is 3.18. The van der Waals surface area contributed by atoms with Crippen LogP contribution >= 0.6 is 34.7 Å². The summed E-state index contributed by atoms with van der Waals surface area (Å²) in [5.74, 6) is -0.995. The normalized spacial score (nSPS) is 11.0. The number of fused-ring (bicyclic) bond motifs is 1. The highest BCUT2D eigenvalue weighted by Crippen LogP contribution is 2.22. The lowest BCUT2D eigenvalue weighted by molar-refractivity contribution is -0.113. The van der Waals surface area contributed by atoms with Crippen LogP contribution in [0.15, 0.2) is 39.6 Å². The van der Waals surface area contributed by atoms with E-state index in [1.807, 2.05) is 0 Å². The molecule has 0 aliphatic rings. The molecule has 0 atom stereocenters. The van der Waals surface area contributed by atoms with Crippen LogP contribution in [0.25, 0.3) is 10.2 Å². The number of hydrogen-bond donors (Lipinski definition) is 1. The van der Waals surface area contributed by atoms with Crippen LogP contribution in [-0.4, -0.2) is 21.2 Å². The van der Waals surface area contributed by atoms with E-state index in [2.05, 4.69) is 10.3 Å². The Bertz CT molecular complexity index is 986. The van der Waals surface area contributed by atoms with Crippen molar-refractivity contribution in [2.75, 3.05) is 11.1 Å². The van der Waals surface area contributed by atoms with E-state index in [1.54, 1.807) is 18.5 Å². The summed E-state index contributed by atoms with van der Waals surface area (Å²) in [5, 5.41) is 5.00. The average Bonchev–Trinajstić information content (AvgIpc) is 3.01. The number of amides is 1. The van der Waals surface area contributed by atoms with Crippen molar-refractivity contribution in [2.45, 2.75) is 5.16 Å². The number of anilines is 1. The Morgan fingerprint density at radius 1 is 1.46 bits per heavy atom. The first-order valence-corrected chi connectivity index (χ1v) is 9.02. The average molecular weight is 384 g/mol. The van der Waals surface area contributed by atoms with Crippen molar-refractivity contribution in [2.24, 2.45) is 7.05 Å². The molecule has 1 N–H and O–H groups in total. The number of carbonyl (C=O) groups excluding carboxylic acids is 1. The van der Waals surface area contributed by atoms with Gasteiger partial charge in [-0.1, -0.05) is 23.4 Å². The Balaban J connectivity index is 1.74. The molecule has 0 fully saturated rings. The molecule has 124 valence electrons. The number of thioether (sulfide) groups is 1. The highest BCUT2D eigenvalue weighted by atomic mass is 35.5. The van der Waals surface area contributed by atoms with Gasteiger partial charge in [0.25, 0.3) is 5.56 Å². The molecule has 1 amide bonds. The molecule has 0 bridgehead atoms. The molecule has 0 unspecified atom stereocenters. The van der Waals surface area contributed by atoms with Gasteiger partial charge in [0.1, 0.15) is 10.5 Å². The maximum Gasteiger partial charge on any atom is 0.271 e. The van der Waals surface area contributed by atoms with Gasteiger partial charge in [-0.25, -0.2) is 9.37 Å². The lowest BCUT2D eigenvalue weighted by atomic mass is 10.3. The van der Waals surface area contributed by atoms with E-state index in [-0.39, 0.29) is 17.0 Å². The van der Waals surface area contributed by atoms with Gasteiger partial charge in [-0.05, 0) is 29.6 Å². The summed E-state index contributed by atoms with van der Waals surface area (Å²) in [7, 11) is 1.60. The quantitative estimate of drug-likeness (QED) is 0.553. The molecule has 3 rings (SSSR count). The van der Waals surface area contributed by atoms with E-state index in [1.165, 1.54) is 34.1 Å². The summed E-state index contributed by atoms with van der Waals surface area (Å²) >= 11 is 8.22. The molecule has 0 aliphatic heterocycles. The van der Waals surface area contributed by atoms with Gasteiger partial charge < -0.3 is 5.32 Å². The first-order chi connectivity index (χ1) is 11.5. The second kappa shape index (κ2) is 6.92. The number of hydrogen-bond acceptors (Lipinski definition) is 5. The number of halogens is 2. The summed E-state index contributed by atoms with van der Waals surface area (Å²) in [5.41, 5.74) is 0.467. The smallest absolute Gasteiger partial charge is 0.271 e. The number of carbonyl (C=O) groups is 1. The van der Waals surface area contributed by atoms with Crippen LogP contribution in [0.3, 0.4) is 0 Å². The Hall–Kier alpha value is -1.90. The Labute approximate surface area is 149 Å². The number of aromatic nitrogens is 2. The zero-order valence-corrected chi connectivity index (χ0v) is 14.8. The highest BCUT2D eigenvalue weighted by Gasteiger charge is 2.13. The van der Waals surface area contributed by atoms with Gasteiger partial charge in [-0.2, -0.15) is 0 Å². The second-order valence-electron chi connectivity index (χ2n) is 4.85. The lowest BCUT2D eigenvalue weighted by Crippen LogP contribution is -2.20. The van der Waals surface area contributed by atoms with Crippen molar-refractivity contribution in [1.29, 1.82) is 0 Å². The molecular formula is C15H11ClFN3O2S2. The third kappa shape index (κ3) is 3.45. The molecule has 0 saturated heterocycles. The molecule has 2 aromatic heterocycles. The number of nitrogens with one attached hydrogen (secondary N) is 1. The van der Waals surface area contributed by atoms with Gasteiger partial charge in [0, 0.05) is 12.1 Å². The Morgan fingerprint density at radius 3 is 3.04 bits per heavy atom. The number of rotatable bonds is 4. The fourth-order valence-electron chi connectivity index (χ4n) is 2.01. The summed E-state index contributed by atoms with van der Waals surface area (Å²) in [6, 6.07) is 5.68. The maximum atomic E-state index is 13.6.